The molecule has 7 heteroatoms. The molecule has 1 heterocycles. The number of benzene rings is 1. The third-order valence-corrected chi connectivity index (χ3v) is 6.46. The van der Waals surface area contributed by atoms with E-state index in [1.54, 1.807) is 17.9 Å². The van der Waals surface area contributed by atoms with Gasteiger partial charge >= 0.3 is 0 Å². The Hall–Kier alpha value is -1.99. The van der Waals surface area contributed by atoms with Gasteiger partial charge in [0.15, 0.2) is 0 Å². The molecule has 0 bridgehead atoms. The van der Waals surface area contributed by atoms with Gasteiger partial charge in [-0.15, -0.1) is 0 Å². The van der Waals surface area contributed by atoms with Crippen LogP contribution in [-0.2, 0) is 9.59 Å². The largest absolute Gasteiger partial charge is 0.354 e. The van der Waals surface area contributed by atoms with Gasteiger partial charge in [-0.2, -0.15) is 0 Å². The molecule has 3 N–H and O–H groups in total. The first kappa shape index (κ1) is 24.3. The van der Waals surface area contributed by atoms with Crippen molar-refractivity contribution in [3.63, 3.8) is 0 Å². The molecule has 0 radical (unpaired) electrons. The molecule has 168 valence electrons. The molecule has 6 nitrogen and oxygen atoms in total. The van der Waals surface area contributed by atoms with Gasteiger partial charge in [0.2, 0.25) is 11.8 Å². The van der Waals surface area contributed by atoms with Crippen LogP contribution in [-0.4, -0.2) is 60.9 Å². The maximum atomic E-state index is 13.9. The summed E-state index contributed by atoms with van der Waals surface area (Å²) in [6.45, 7) is 6.96. The lowest BCUT2D eigenvalue weighted by Gasteiger charge is -2.43. The van der Waals surface area contributed by atoms with Crippen LogP contribution in [0.15, 0.2) is 24.3 Å². The Morgan fingerprint density at radius 3 is 2.50 bits per heavy atom. The van der Waals surface area contributed by atoms with Gasteiger partial charge in [-0.05, 0) is 64.4 Å². The van der Waals surface area contributed by atoms with E-state index in [4.69, 9.17) is 5.73 Å². The average Bonchev–Trinajstić information content (AvgIpc) is 3.14. The smallest absolute Gasteiger partial charge is 0.239 e. The molecule has 0 spiro atoms. The zero-order chi connectivity index (χ0) is 22.5. The lowest BCUT2D eigenvalue weighted by molar-refractivity contribution is -0.144. The topological polar surface area (TPSA) is 78.7 Å². The van der Waals surface area contributed by atoms with E-state index in [0.717, 1.165) is 12.1 Å². The van der Waals surface area contributed by atoms with Crippen molar-refractivity contribution in [2.45, 2.75) is 64.6 Å². The summed E-state index contributed by atoms with van der Waals surface area (Å²) in [6.07, 6.45) is 2.59. The number of nitrogens with zero attached hydrogens (tertiary/aromatic N) is 2. The summed E-state index contributed by atoms with van der Waals surface area (Å²) in [7, 11) is 3.92. The van der Waals surface area contributed by atoms with Gasteiger partial charge in [0.05, 0.1) is 17.5 Å². The summed E-state index contributed by atoms with van der Waals surface area (Å²) >= 11 is 0. The minimum Gasteiger partial charge on any atom is -0.354 e. The highest BCUT2D eigenvalue weighted by Gasteiger charge is 2.52. The number of nitrogens with one attached hydrogen (secondary N) is 1. The fourth-order valence-electron chi connectivity index (χ4n) is 4.70. The first-order chi connectivity index (χ1) is 14.2. The second-order valence-corrected chi connectivity index (χ2v) is 8.62. The highest BCUT2D eigenvalue weighted by molar-refractivity contribution is 5.87. The van der Waals surface area contributed by atoms with E-state index in [1.807, 2.05) is 38.9 Å². The quantitative estimate of drug-likeness (QED) is 0.644. The minimum absolute atomic E-state index is 0.0262. The number of hydrogen-bond donors (Lipinski definition) is 2. The van der Waals surface area contributed by atoms with Crippen molar-refractivity contribution >= 4 is 11.8 Å². The van der Waals surface area contributed by atoms with Crippen molar-refractivity contribution in [1.82, 2.24) is 15.1 Å². The van der Waals surface area contributed by atoms with Crippen molar-refractivity contribution in [3.8, 4) is 0 Å². The molecule has 0 unspecified atom stereocenters. The summed E-state index contributed by atoms with van der Waals surface area (Å²) in [5.41, 5.74) is 6.03. The second-order valence-electron chi connectivity index (χ2n) is 8.62. The van der Waals surface area contributed by atoms with Crippen LogP contribution >= 0.6 is 0 Å². The van der Waals surface area contributed by atoms with Gasteiger partial charge in [-0.25, -0.2) is 4.39 Å². The molecule has 3 atom stereocenters. The number of amides is 2. The Morgan fingerprint density at radius 1 is 1.30 bits per heavy atom. The molecule has 0 aromatic heterocycles. The summed E-state index contributed by atoms with van der Waals surface area (Å²) in [6, 6.07) is 5.13. The molecule has 2 amide bonds. The van der Waals surface area contributed by atoms with E-state index >= 15 is 0 Å². The number of nitrogens with two attached hydrogens (primary N) is 1. The number of carbonyl (C=O) groups is 2. The average molecular weight is 421 g/mol. The normalized spacial score (nSPS) is 20.5. The maximum Gasteiger partial charge on any atom is 0.239 e. The van der Waals surface area contributed by atoms with Gasteiger partial charge in [0, 0.05) is 19.1 Å². The van der Waals surface area contributed by atoms with Gasteiger partial charge in [-0.3, -0.25) is 9.59 Å². The summed E-state index contributed by atoms with van der Waals surface area (Å²) in [4.78, 5) is 30.4. The van der Waals surface area contributed by atoms with Crippen LogP contribution < -0.4 is 11.1 Å². The van der Waals surface area contributed by atoms with E-state index in [1.165, 1.54) is 12.1 Å². The Labute approximate surface area is 180 Å². The van der Waals surface area contributed by atoms with Crippen LogP contribution in [0, 0.1) is 11.2 Å². The Bertz CT molecular complexity index is 734. The third-order valence-electron chi connectivity index (χ3n) is 6.46. The molecule has 2 rings (SSSR count). The van der Waals surface area contributed by atoms with E-state index in [2.05, 4.69) is 5.32 Å². The first-order valence-electron chi connectivity index (χ1n) is 10.9. The van der Waals surface area contributed by atoms with Crippen LogP contribution in [0.3, 0.4) is 0 Å². The van der Waals surface area contributed by atoms with Crippen LogP contribution in [0.2, 0.25) is 0 Å². The molecule has 1 fully saturated rings. The van der Waals surface area contributed by atoms with Crippen LogP contribution in [0.1, 0.15) is 58.1 Å². The molecule has 1 saturated heterocycles. The van der Waals surface area contributed by atoms with Crippen molar-refractivity contribution in [2.24, 2.45) is 11.1 Å². The maximum absolute atomic E-state index is 13.9. The lowest BCUT2D eigenvalue weighted by atomic mass is 9.73. The fourth-order valence-corrected chi connectivity index (χ4v) is 4.70. The van der Waals surface area contributed by atoms with E-state index in [0.29, 0.717) is 32.2 Å². The molecule has 1 aliphatic rings. The Balaban J connectivity index is 2.41. The predicted octanol–water partition coefficient (Wildman–Crippen LogP) is 2.69. The minimum atomic E-state index is -0.709. The second kappa shape index (κ2) is 10.4. The van der Waals surface area contributed by atoms with Crippen molar-refractivity contribution < 1.29 is 14.0 Å². The number of carbonyl (C=O) groups excluding carboxylic acids is 2. The third kappa shape index (κ3) is 5.01. The zero-order valence-corrected chi connectivity index (χ0v) is 19.0. The predicted molar refractivity (Wildman–Crippen MR) is 117 cm³/mol. The number of rotatable bonds is 9. The molecule has 30 heavy (non-hydrogen) atoms. The number of likely N-dealkylation sites (tertiary alicyclic amines) is 1. The molecular formula is C23H37FN4O2. The lowest BCUT2D eigenvalue weighted by Crippen LogP contribution is -2.57. The summed E-state index contributed by atoms with van der Waals surface area (Å²) in [5, 5.41) is 3.08. The van der Waals surface area contributed by atoms with Crippen molar-refractivity contribution in [1.29, 1.82) is 0 Å². The molecule has 0 aliphatic carbocycles. The van der Waals surface area contributed by atoms with E-state index < -0.39 is 11.5 Å². The first-order valence-corrected chi connectivity index (χ1v) is 10.9. The fraction of sp³-hybridized carbons (Fsp3) is 0.652. The van der Waals surface area contributed by atoms with Crippen molar-refractivity contribution in [3.05, 3.63) is 35.6 Å². The molecule has 1 aromatic rings. The molecule has 1 aromatic carbocycles. The molecule has 1 aliphatic heterocycles. The standard InChI is InChI=1S/C23H37FN4O2/c1-6-23(7-2,22(30)26-13-14-27(4)5)20-12-11-19(28(20)21(29)16(3)25)17-9-8-10-18(24)15-17/h8-10,15-16,19-20H,6-7,11-14,25H2,1-5H3,(H,26,30)/t16-,19+,20-/m1/s1. The van der Waals surface area contributed by atoms with Gasteiger partial charge in [-0.1, -0.05) is 26.0 Å². The van der Waals surface area contributed by atoms with E-state index in [9.17, 15) is 14.0 Å². The highest BCUT2D eigenvalue weighted by atomic mass is 19.1. The monoisotopic (exact) mass is 420 g/mol. The Morgan fingerprint density at radius 2 is 1.97 bits per heavy atom. The van der Waals surface area contributed by atoms with Crippen LogP contribution in [0.25, 0.3) is 0 Å². The summed E-state index contributed by atoms with van der Waals surface area (Å²) in [5.74, 6) is -0.552. The molecular weight excluding hydrogens is 383 g/mol. The number of hydrogen-bond acceptors (Lipinski definition) is 4. The van der Waals surface area contributed by atoms with Gasteiger partial charge in [0.1, 0.15) is 5.82 Å². The van der Waals surface area contributed by atoms with E-state index in [-0.39, 0.29) is 29.7 Å². The SMILES string of the molecule is CCC(CC)(C(=O)NCCN(C)C)[C@H]1CC[C@@H](c2cccc(F)c2)N1C(=O)[C@@H](C)N. The highest BCUT2D eigenvalue weighted by Crippen LogP contribution is 2.47. The van der Waals surface area contributed by atoms with Gasteiger partial charge < -0.3 is 20.9 Å². The Kier molecular flexibility index (Phi) is 8.38. The zero-order valence-electron chi connectivity index (χ0n) is 19.0. The van der Waals surface area contributed by atoms with Crippen molar-refractivity contribution in [2.75, 3.05) is 27.2 Å². The van der Waals surface area contributed by atoms with Crippen LogP contribution in [0.5, 0.6) is 0 Å². The number of likely N-dealkylation sites (N-methyl/N-ethyl adjacent to an activating group) is 1. The van der Waals surface area contributed by atoms with Gasteiger partial charge in [0.25, 0.3) is 0 Å². The summed E-state index contributed by atoms with van der Waals surface area (Å²) < 4.78 is 13.9. The van der Waals surface area contributed by atoms with Crippen LogP contribution in [0.4, 0.5) is 4.39 Å². The number of halogens is 1. The molecule has 0 saturated carbocycles.